The molecule has 2 aliphatic rings. The molecule has 1 aromatic carbocycles. The number of hydrogen-bond donors (Lipinski definition) is 1. The highest BCUT2D eigenvalue weighted by molar-refractivity contribution is 7.91. The van der Waals surface area contributed by atoms with Crippen LogP contribution in [0.3, 0.4) is 0 Å². The molecular formula is C19H20N2O7S2. The molecule has 0 bridgehead atoms. The molecule has 1 saturated heterocycles. The normalized spacial score (nSPS) is 16.9. The van der Waals surface area contributed by atoms with Crippen LogP contribution in [0.5, 0.6) is 11.5 Å². The molecule has 1 aromatic heterocycles. The fourth-order valence-electron chi connectivity index (χ4n) is 3.30. The minimum atomic E-state index is -3.52. The zero-order valence-corrected chi connectivity index (χ0v) is 17.5. The quantitative estimate of drug-likeness (QED) is 0.668. The van der Waals surface area contributed by atoms with Gasteiger partial charge in [0.1, 0.15) is 4.21 Å². The number of carbonyl (C=O) groups is 2. The van der Waals surface area contributed by atoms with Crippen LogP contribution < -0.4 is 14.8 Å². The number of fused-ring (bicyclic) bond motifs is 1. The van der Waals surface area contributed by atoms with Gasteiger partial charge >= 0.3 is 5.97 Å². The second kappa shape index (κ2) is 8.62. The first-order valence-electron chi connectivity index (χ1n) is 9.33. The standard InChI is InChI=1S/C19H20N2O7S2/c22-17(20-14-3-4-15-16(10-14)28-12-27-15)11-26-19(23)13-5-7-21(8-6-13)30(24,25)18-2-1-9-29-18/h1-4,9-10,13H,5-8,11-12H2,(H,20,22). The van der Waals surface area contributed by atoms with Gasteiger partial charge < -0.3 is 19.5 Å². The number of rotatable bonds is 6. The maximum absolute atomic E-state index is 12.5. The van der Waals surface area contributed by atoms with Gasteiger partial charge in [-0.25, -0.2) is 8.42 Å². The Hall–Kier alpha value is -2.63. The molecule has 3 heterocycles. The van der Waals surface area contributed by atoms with Crippen LogP contribution in [0, 0.1) is 5.92 Å². The van der Waals surface area contributed by atoms with E-state index in [4.69, 9.17) is 14.2 Å². The van der Waals surface area contributed by atoms with Crippen LogP contribution >= 0.6 is 11.3 Å². The monoisotopic (exact) mass is 452 g/mol. The lowest BCUT2D eigenvalue weighted by atomic mass is 9.98. The number of amides is 1. The van der Waals surface area contributed by atoms with Gasteiger partial charge in [0.15, 0.2) is 18.1 Å². The van der Waals surface area contributed by atoms with Crippen LogP contribution in [0.4, 0.5) is 5.69 Å². The first-order chi connectivity index (χ1) is 14.4. The van der Waals surface area contributed by atoms with Crippen LogP contribution in [0.25, 0.3) is 0 Å². The van der Waals surface area contributed by atoms with E-state index in [1.54, 1.807) is 35.7 Å². The summed E-state index contributed by atoms with van der Waals surface area (Å²) in [6, 6.07) is 8.24. The third-order valence-corrected chi connectivity index (χ3v) is 8.15. The summed E-state index contributed by atoms with van der Waals surface area (Å²) in [6.45, 7) is 0.200. The Labute approximate surface area is 177 Å². The number of benzene rings is 1. The maximum Gasteiger partial charge on any atom is 0.309 e. The molecule has 160 valence electrons. The number of carbonyl (C=O) groups excluding carboxylic acids is 2. The Morgan fingerprint density at radius 1 is 1.17 bits per heavy atom. The Morgan fingerprint density at radius 3 is 2.67 bits per heavy atom. The largest absolute Gasteiger partial charge is 0.455 e. The van der Waals surface area contributed by atoms with Gasteiger partial charge in [0.2, 0.25) is 6.79 Å². The van der Waals surface area contributed by atoms with Gasteiger partial charge in [-0.15, -0.1) is 11.3 Å². The van der Waals surface area contributed by atoms with Gasteiger partial charge in [-0.05, 0) is 36.4 Å². The molecule has 0 spiro atoms. The molecule has 4 rings (SSSR count). The van der Waals surface area contributed by atoms with E-state index in [1.165, 1.54) is 15.6 Å². The molecule has 0 unspecified atom stereocenters. The van der Waals surface area contributed by atoms with Crippen molar-refractivity contribution in [3.05, 3.63) is 35.7 Å². The van der Waals surface area contributed by atoms with E-state index in [2.05, 4.69) is 5.32 Å². The molecule has 1 N–H and O–H groups in total. The minimum absolute atomic E-state index is 0.137. The second-order valence-electron chi connectivity index (χ2n) is 6.83. The lowest BCUT2D eigenvalue weighted by Gasteiger charge is -2.29. The molecule has 1 amide bonds. The molecule has 1 fully saturated rings. The van der Waals surface area contributed by atoms with Crippen molar-refractivity contribution < 1.29 is 32.2 Å². The number of piperidine rings is 1. The molecule has 2 aliphatic heterocycles. The van der Waals surface area contributed by atoms with Crippen molar-refractivity contribution in [3.63, 3.8) is 0 Å². The SMILES string of the molecule is O=C(COC(=O)C1CCN(S(=O)(=O)c2cccs2)CC1)Nc1ccc2c(c1)OCO2. The summed E-state index contributed by atoms with van der Waals surface area (Å²) in [5, 5.41) is 4.35. The average molecular weight is 453 g/mol. The van der Waals surface area contributed by atoms with E-state index in [-0.39, 0.29) is 19.9 Å². The number of ether oxygens (including phenoxy) is 3. The number of nitrogens with zero attached hydrogens (tertiary/aromatic N) is 1. The van der Waals surface area contributed by atoms with Gasteiger partial charge in [0, 0.05) is 24.8 Å². The summed E-state index contributed by atoms with van der Waals surface area (Å²) in [4.78, 5) is 24.4. The van der Waals surface area contributed by atoms with Crippen molar-refractivity contribution in [1.29, 1.82) is 0 Å². The van der Waals surface area contributed by atoms with Gasteiger partial charge in [-0.1, -0.05) is 6.07 Å². The molecule has 30 heavy (non-hydrogen) atoms. The second-order valence-corrected chi connectivity index (χ2v) is 9.95. The van der Waals surface area contributed by atoms with Crippen molar-refractivity contribution in [2.45, 2.75) is 17.1 Å². The van der Waals surface area contributed by atoms with Crippen LogP contribution in [0.15, 0.2) is 39.9 Å². The fourth-order valence-corrected chi connectivity index (χ4v) is 5.91. The third-order valence-electron chi connectivity index (χ3n) is 4.88. The maximum atomic E-state index is 12.5. The summed E-state index contributed by atoms with van der Waals surface area (Å²) in [5.74, 6) is -0.261. The molecule has 0 saturated carbocycles. The summed E-state index contributed by atoms with van der Waals surface area (Å²) < 4.78 is 42.3. The Bertz CT molecular complexity index is 1030. The van der Waals surface area contributed by atoms with E-state index in [0.717, 1.165) is 0 Å². The van der Waals surface area contributed by atoms with E-state index in [0.29, 0.717) is 34.2 Å². The summed E-state index contributed by atoms with van der Waals surface area (Å²) in [7, 11) is -3.52. The van der Waals surface area contributed by atoms with Crippen molar-refractivity contribution in [3.8, 4) is 11.5 Å². The number of anilines is 1. The zero-order chi connectivity index (χ0) is 21.1. The lowest BCUT2D eigenvalue weighted by molar-refractivity contribution is -0.152. The number of hydrogen-bond acceptors (Lipinski definition) is 8. The zero-order valence-electron chi connectivity index (χ0n) is 15.9. The van der Waals surface area contributed by atoms with E-state index >= 15 is 0 Å². The van der Waals surface area contributed by atoms with Crippen LogP contribution in [0.2, 0.25) is 0 Å². The molecule has 9 nitrogen and oxygen atoms in total. The Kier molecular flexibility index (Phi) is 5.93. The molecule has 0 aliphatic carbocycles. The topological polar surface area (TPSA) is 111 Å². The van der Waals surface area contributed by atoms with Crippen molar-refractivity contribution in [1.82, 2.24) is 4.31 Å². The smallest absolute Gasteiger partial charge is 0.309 e. The van der Waals surface area contributed by atoms with Crippen LogP contribution in [-0.2, 0) is 24.3 Å². The van der Waals surface area contributed by atoms with Gasteiger partial charge in [0.25, 0.3) is 15.9 Å². The highest BCUT2D eigenvalue weighted by Gasteiger charge is 2.33. The van der Waals surface area contributed by atoms with Gasteiger partial charge in [-0.2, -0.15) is 4.31 Å². The van der Waals surface area contributed by atoms with Crippen molar-refractivity contribution >= 4 is 38.9 Å². The van der Waals surface area contributed by atoms with Gasteiger partial charge in [-0.3, -0.25) is 9.59 Å². The minimum Gasteiger partial charge on any atom is -0.455 e. The number of esters is 1. The molecule has 0 atom stereocenters. The Balaban J connectivity index is 1.23. The fraction of sp³-hybridized carbons (Fsp3) is 0.368. The molecular weight excluding hydrogens is 432 g/mol. The van der Waals surface area contributed by atoms with Crippen molar-refractivity contribution in [2.24, 2.45) is 5.92 Å². The predicted octanol–water partition coefficient (Wildman–Crippen LogP) is 2.06. The first-order valence-corrected chi connectivity index (χ1v) is 11.7. The van der Waals surface area contributed by atoms with E-state index < -0.39 is 34.4 Å². The highest BCUT2D eigenvalue weighted by atomic mass is 32.2. The average Bonchev–Trinajstić information content (AvgIpc) is 3.44. The summed E-state index contributed by atoms with van der Waals surface area (Å²) >= 11 is 1.17. The van der Waals surface area contributed by atoms with E-state index in [1.807, 2.05) is 0 Å². The summed E-state index contributed by atoms with van der Waals surface area (Å²) in [6.07, 6.45) is 0.709. The molecule has 11 heteroatoms. The number of sulfonamides is 1. The van der Waals surface area contributed by atoms with Crippen LogP contribution in [-0.4, -0.2) is 51.1 Å². The molecule has 2 aromatic rings. The van der Waals surface area contributed by atoms with Gasteiger partial charge in [0.05, 0.1) is 5.92 Å². The Morgan fingerprint density at radius 2 is 1.93 bits per heavy atom. The number of thiophene rings is 1. The predicted molar refractivity (Wildman–Crippen MR) is 108 cm³/mol. The molecule has 0 radical (unpaired) electrons. The summed E-state index contributed by atoms with van der Waals surface area (Å²) in [5.41, 5.74) is 0.507. The first kappa shape index (κ1) is 20.6. The van der Waals surface area contributed by atoms with Crippen molar-refractivity contribution in [2.75, 3.05) is 31.8 Å². The number of nitrogens with one attached hydrogen (secondary N) is 1. The highest BCUT2D eigenvalue weighted by Crippen LogP contribution is 2.34. The van der Waals surface area contributed by atoms with E-state index in [9.17, 15) is 18.0 Å². The lowest BCUT2D eigenvalue weighted by Crippen LogP contribution is -2.40. The van der Waals surface area contributed by atoms with Crippen LogP contribution in [0.1, 0.15) is 12.8 Å². The third kappa shape index (κ3) is 4.42.